The Kier molecular flexibility index (Phi) is 4.43. The number of nitrogens with two attached hydrogens (primary N) is 1. The molecule has 4 heteroatoms. The number of rotatable bonds is 5. The van der Waals surface area contributed by atoms with Crippen LogP contribution in [0, 0.1) is 5.92 Å². The lowest BCUT2D eigenvalue weighted by Crippen LogP contribution is -2.39. The van der Waals surface area contributed by atoms with Gasteiger partial charge in [0, 0.05) is 18.0 Å². The zero-order valence-corrected chi connectivity index (χ0v) is 11.6. The summed E-state index contributed by atoms with van der Waals surface area (Å²) >= 11 is 0. The molecule has 2 rings (SSSR count). The van der Waals surface area contributed by atoms with Crippen molar-refractivity contribution in [3.63, 3.8) is 0 Å². The monoisotopic (exact) mass is 262 g/mol. The number of carbonyl (C=O) groups excluding carboxylic acids is 1. The molecule has 1 aliphatic rings. The second-order valence-electron chi connectivity index (χ2n) is 5.32. The molecular weight excluding hydrogens is 240 g/mol. The molecule has 0 aliphatic carbocycles. The molecule has 3 N–H and O–H groups in total. The van der Waals surface area contributed by atoms with Crippen LogP contribution in [0.3, 0.4) is 0 Å². The molecule has 1 atom stereocenters. The third kappa shape index (κ3) is 3.26. The van der Waals surface area contributed by atoms with E-state index in [0.29, 0.717) is 24.6 Å². The summed E-state index contributed by atoms with van der Waals surface area (Å²) in [6.45, 7) is 5.48. The number of nitrogens with one attached hydrogen (secondary N) is 1. The lowest BCUT2D eigenvalue weighted by atomic mass is 10.00. The fourth-order valence-electron chi connectivity index (χ4n) is 2.33. The maximum Gasteiger partial charge on any atom is 0.251 e. The molecule has 1 unspecified atom stereocenters. The molecule has 19 heavy (non-hydrogen) atoms. The predicted molar refractivity (Wildman–Crippen MR) is 75.4 cm³/mol. The van der Waals surface area contributed by atoms with Crippen molar-refractivity contribution in [3.8, 4) is 5.75 Å². The molecule has 0 spiro atoms. The van der Waals surface area contributed by atoms with E-state index in [1.54, 1.807) is 0 Å². The third-order valence-electron chi connectivity index (χ3n) is 3.55. The fraction of sp³-hybridized carbons (Fsp3) is 0.533. The second-order valence-corrected chi connectivity index (χ2v) is 5.32. The zero-order chi connectivity index (χ0) is 13.8. The van der Waals surface area contributed by atoms with Gasteiger partial charge in [-0.05, 0) is 42.6 Å². The Bertz CT molecular complexity index is 457. The average molecular weight is 262 g/mol. The Hall–Kier alpha value is -1.55. The van der Waals surface area contributed by atoms with Gasteiger partial charge in [0.15, 0.2) is 0 Å². The van der Waals surface area contributed by atoms with E-state index in [2.05, 4.69) is 19.2 Å². The van der Waals surface area contributed by atoms with Crippen LogP contribution in [0.5, 0.6) is 5.75 Å². The zero-order valence-electron chi connectivity index (χ0n) is 11.6. The third-order valence-corrected chi connectivity index (χ3v) is 3.55. The van der Waals surface area contributed by atoms with Gasteiger partial charge >= 0.3 is 0 Å². The maximum atomic E-state index is 12.2. The molecule has 1 aromatic rings. The van der Waals surface area contributed by atoms with Crippen LogP contribution in [0.15, 0.2) is 18.2 Å². The van der Waals surface area contributed by atoms with Gasteiger partial charge in [-0.25, -0.2) is 0 Å². The predicted octanol–water partition coefficient (Wildman–Crippen LogP) is 1.72. The van der Waals surface area contributed by atoms with Crippen LogP contribution in [-0.4, -0.2) is 25.1 Å². The van der Waals surface area contributed by atoms with E-state index in [4.69, 9.17) is 10.5 Å². The minimum absolute atomic E-state index is 0.0261. The first-order valence-electron chi connectivity index (χ1n) is 6.88. The molecule has 0 bridgehead atoms. The molecular formula is C15H22N2O2. The Balaban J connectivity index is 2.07. The van der Waals surface area contributed by atoms with Crippen molar-refractivity contribution in [3.05, 3.63) is 29.3 Å². The molecule has 0 aromatic heterocycles. The van der Waals surface area contributed by atoms with E-state index in [1.807, 2.05) is 18.2 Å². The number of carbonyl (C=O) groups is 1. The maximum absolute atomic E-state index is 12.2. The largest absolute Gasteiger partial charge is 0.493 e. The highest BCUT2D eigenvalue weighted by molar-refractivity contribution is 5.94. The van der Waals surface area contributed by atoms with E-state index >= 15 is 0 Å². The average Bonchev–Trinajstić information content (AvgIpc) is 2.85. The van der Waals surface area contributed by atoms with Crippen molar-refractivity contribution >= 4 is 5.91 Å². The number of benzene rings is 1. The van der Waals surface area contributed by atoms with Gasteiger partial charge in [-0.2, -0.15) is 0 Å². The fourth-order valence-corrected chi connectivity index (χ4v) is 2.33. The minimum atomic E-state index is -0.0261. The van der Waals surface area contributed by atoms with Crippen molar-refractivity contribution in [2.45, 2.75) is 32.7 Å². The summed E-state index contributed by atoms with van der Waals surface area (Å²) in [6, 6.07) is 5.75. The number of hydrogen-bond acceptors (Lipinski definition) is 3. The number of hydrogen-bond donors (Lipinski definition) is 2. The first-order chi connectivity index (χ1) is 9.11. The lowest BCUT2D eigenvalue weighted by Gasteiger charge is -2.21. The highest BCUT2D eigenvalue weighted by Gasteiger charge is 2.19. The van der Waals surface area contributed by atoms with E-state index < -0.39 is 0 Å². The lowest BCUT2D eigenvalue weighted by molar-refractivity contribution is 0.0924. The summed E-state index contributed by atoms with van der Waals surface area (Å²) in [6.07, 6.45) is 1.68. The van der Waals surface area contributed by atoms with Crippen molar-refractivity contribution in [1.29, 1.82) is 0 Å². The van der Waals surface area contributed by atoms with Crippen LogP contribution in [0.2, 0.25) is 0 Å². The van der Waals surface area contributed by atoms with Crippen molar-refractivity contribution in [1.82, 2.24) is 5.32 Å². The smallest absolute Gasteiger partial charge is 0.251 e. The molecule has 4 nitrogen and oxygen atoms in total. The standard InChI is InChI=1S/C15H22N2O2/c1-10(2)13(5-7-16)17-15(18)12-3-4-14-11(9-12)6-8-19-14/h3-4,9-10,13H,5-8,16H2,1-2H3,(H,17,18). The van der Waals surface area contributed by atoms with Crippen molar-refractivity contribution in [2.75, 3.05) is 13.2 Å². The number of ether oxygens (including phenoxy) is 1. The van der Waals surface area contributed by atoms with Crippen LogP contribution in [0.25, 0.3) is 0 Å². The summed E-state index contributed by atoms with van der Waals surface area (Å²) in [5, 5.41) is 3.07. The summed E-state index contributed by atoms with van der Waals surface area (Å²) < 4.78 is 5.44. The van der Waals surface area contributed by atoms with Gasteiger partial charge in [0.05, 0.1) is 6.61 Å². The van der Waals surface area contributed by atoms with Gasteiger partial charge < -0.3 is 15.8 Å². The number of fused-ring (bicyclic) bond motifs is 1. The Morgan fingerprint density at radius 1 is 1.47 bits per heavy atom. The molecule has 1 aliphatic heterocycles. The molecule has 0 radical (unpaired) electrons. The Labute approximate surface area is 114 Å². The van der Waals surface area contributed by atoms with Gasteiger partial charge in [-0.15, -0.1) is 0 Å². The minimum Gasteiger partial charge on any atom is -0.493 e. The highest BCUT2D eigenvalue weighted by Crippen LogP contribution is 2.25. The van der Waals surface area contributed by atoms with Gasteiger partial charge in [0.25, 0.3) is 5.91 Å². The Morgan fingerprint density at radius 3 is 2.95 bits per heavy atom. The summed E-state index contributed by atoms with van der Waals surface area (Å²) in [5.41, 5.74) is 7.41. The normalized spacial score (nSPS) is 14.9. The van der Waals surface area contributed by atoms with Crippen LogP contribution in [0.1, 0.15) is 36.2 Å². The van der Waals surface area contributed by atoms with E-state index in [9.17, 15) is 4.79 Å². The van der Waals surface area contributed by atoms with Crippen molar-refractivity contribution in [2.24, 2.45) is 11.7 Å². The molecule has 0 saturated carbocycles. The summed E-state index contributed by atoms with van der Waals surface area (Å²) in [4.78, 5) is 12.2. The quantitative estimate of drug-likeness (QED) is 0.849. The molecule has 1 amide bonds. The topological polar surface area (TPSA) is 64.3 Å². The summed E-state index contributed by atoms with van der Waals surface area (Å²) in [7, 11) is 0. The van der Waals surface area contributed by atoms with Crippen LogP contribution >= 0.6 is 0 Å². The highest BCUT2D eigenvalue weighted by atomic mass is 16.5. The van der Waals surface area contributed by atoms with Gasteiger partial charge in [0.2, 0.25) is 0 Å². The van der Waals surface area contributed by atoms with Crippen LogP contribution in [-0.2, 0) is 6.42 Å². The first kappa shape index (κ1) is 13.9. The van der Waals surface area contributed by atoms with Crippen LogP contribution < -0.4 is 15.8 Å². The Morgan fingerprint density at radius 2 is 2.26 bits per heavy atom. The van der Waals surface area contributed by atoms with E-state index in [0.717, 1.165) is 24.2 Å². The number of amides is 1. The van der Waals surface area contributed by atoms with Gasteiger partial charge in [-0.1, -0.05) is 13.8 Å². The molecule has 104 valence electrons. The van der Waals surface area contributed by atoms with E-state index in [1.165, 1.54) is 0 Å². The second kappa shape index (κ2) is 6.06. The summed E-state index contributed by atoms with van der Waals surface area (Å²) in [5.74, 6) is 1.26. The van der Waals surface area contributed by atoms with E-state index in [-0.39, 0.29) is 11.9 Å². The first-order valence-corrected chi connectivity index (χ1v) is 6.88. The molecule has 1 aromatic carbocycles. The SMILES string of the molecule is CC(C)C(CCN)NC(=O)c1ccc2c(c1)CCO2. The van der Waals surface area contributed by atoms with Crippen molar-refractivity contribution < 1.29 is 9.53 Å². The molecule has 0 saturated heterocycles. The molecule has 0 fully saturated rings. The van der Waals surface area contributed by atoms with Gasteiger partial charge in [0.1, 0.15) is 5.75 Å². The molecule has 1 heterocycles. The van der Waals surface area contributed by atoms with Crippen LogP contribution in [0.4, 0.5) is 0 Å². The van der Waals surface area contributed by atoms with Gasteiger partial charge in [-0.3, -0.25) is 4.79 Å².